The topological polar surface area (TPSA) is 55.1 Å². The third-order valence-electron chi connectivity index (χ3n) is 3.90. The van der Waals surface area contributed by atoms with Gasteiger partial charge in [-0.2, -0.15) is 0 Å². The minimum absolute atomic E-state index is 0.245. The zero-order valence-electron chi connectivity index (χ0n) is 10.8. The Morgan fingerprint density at radius 3 is 2.61 bits per heavy atom. The zero-order chi connectivity index (χ0) is 13.3. The fraction of sp³-hybridized carbons (Fsp3) is 0.500. The Labute approximate surface area is 107 Å². The van der Waals surface area contributed by atoms with Gasteiger partial charge < -0.3 is 11.1 Å². The van der Waals surface area contributed by atoms with Crippen LogP contribution in [0.15, 0.2) is 18.2 Å². The molecule has 1 aromatic rings. The minimum Gasteiger partial charge on any atom is -0.399 e. The monoisotopic (exact) mass is 250 g/mol. The summed E-state index contributed by atoms with van der Waals surface area (Å²) in [5.74, 6) is -0.186. The summed E-state index contributed by atoms with van der Waals surface area (Å²) in [6.07, 6.45) is 2.30. The highest BCUT2D eigenvalue weighted by atomic mass is 19.1. The highest BCUT2D eigenvalue weighted by molar-refractivity contribution is 5.95. The van der Waals surface area contributed by atoms with Crippen molar-refractivity contribution in [2.75, 3.05) is 12.3 Å². The van der Waals surface area contributed by atoms with Crippen molar-refractivity contribution in [2.45, 2.75) is 26.7 Å². The standard InChI is InChI=1S/C14H19FN2O/c1-9(2)14(3-4-14)8-17-13(18)10-5-11(15)7-12(16)6-10/h5-7,9H,3-4,8,16H2,1-2H3,(H,17,18). The molecule has 0 aromatic heterocycles. The number of amides is 1. The smallest absolute Gasteiger partial charge is 0.251 e. The Hall–Kier alpha value is -1.58. The van der Waals surface area contributed by atoms with Gasteiger partial charge >= 0.3 is 0 Å². The molecule has 0 aliphatic heterocycles. The number of hydrogen-bond donors (Lipinski definition) is 2. The molecule has 0 unspecified atom stereocenters. The molecule has 2 rings (SSSR count). The lowest BCUT2D eigenvalue weighted by atomic mass is 9.92. The molecule has 98 valence electrons. The summed E-state index contributed by atoms with van der Waals surface area (Å²) in [6.45, 7) is 4.98. The van der Waals surface area contributed by atoms with Crippen LogP contribution in [0.1, 0.15) is 37.0 Å². The molecule has 3 N–H and O–H groups in total. The summed E-state index contributed by atoms with van der Waals surface area (Å²) in [5.41, 5.74) is 6.32. The molecule has 0 spiro atoms. The number of nitrogens with two attached hydrogens (primary N) is 1. The Morgan fingerprint density at radius 1 is 1.44 bits per heavy atom. The summed E-state index contributed by atoms with van der Waals surface area (Å²) in [5, 5.41) is 2.88. The van der Waals surface area contributed by atoms with Crippen LogP contribution in [-0.2, 0) is 0 Å². The number of halogens is 1. The van der Waals surface area contributed by atoms with E-state index in [0.29, 0.717) is 12.5 Å². The second-order valence-electron chi connectivity index (χ2n) is 5.47. The van der Waals surface area contributed by atoms with E-state index in [-0.39, 0.29) is 22.6 Å². The molecule has 0 atom stereocenters. The quantitative estimate of drug-likeness (QED) is 0.807. The first-order valence-electron chi connectivity index (χ1n) is 6.27. The molecule has 1 fully saturated rings. The number of nitrogen functional groups attached to an aromatic ring is 1. The van der Waals surface area contributed by atoms with Gasteiger partial charge in [-0.15, -0.1) is 0 Å². The van der Waals surface area contributed by atoms with Gasteiger partial charge in [-0.25, -0.2) is 4.39 Å². The molecule has 0 heterocycles. The number of anilines is 1. The van der Waals surface area contributed by atoms with Crippen LogP contribution in [0.5, 0.6) is 0 Å². The van der Waals surface area contributed by atoms with E-state index >= 15 is 0 Å². The number of rotatable bonds is 4. The van der Waals surface area contributed by atoms with Crippen LogP contribution in [0.3, 0.4) is 0 Å². The number of carbonyl (C=O) groups excluding carboxylic acids is 1. The van der Waals surface area contributed by atoms with E-state index in [4.69, 9.17) is 5.73 Å². The van der Waals surface area contributed by atoms with Gasteiger partial charge in [0.1, 0.15) is 5.82 Å². The molecule has 1 amide bonds. The number of hydrogen-bond acceptors (Lipinski definition) is 2. The SMILES string of the molecule is CC(C)C1(CNC(=O)c2cc(N)cc(F)c2)CC1. The van der Waals surface area contributed by atoms with Gasteiger partial charge in [0, 0.05) is 17.8 Å². The van der Waals surface area contributed by atoms with Crippen molar-refractivity contribution in [1.29, 1.82) is 0 Å². The first-order chi connectivity index (χ1) is 8.43. The van der Waals surface area contributed by atoms with E-state index < -0.39 is 5.82 Å². The maximum absolute atomic E-state index is 13.1. The third-order valence-corrected chi connectivity index (χ3v) is 3.90. The van der Waals surface area contributed by atoms with Crippen LogP contribution in [0.2, 0.25) is 0 Å². The second-order valence-corrected chi connectivity index (χ2v) is 5.47. The molecule has 1 aliphatic carbocycles. The van der Waals surface area contributed by atoms with Crippen LogP contribution < -0.4 is 11.1 Å². The minimum atomic E-state index is -0.481. The maximum atomic E-state index is 13.1. The first kappa shape index (κ1) is 12.9. The molecule has 0 saturated heterocycles. The molecule has 0 radical (unpaired) electrons. The summed E-state index contributed by atoms with van der Waals surface area (Å²) in [7, 11) is 0. The van der Waals surface area contributed by atoms with Gasteiger partial charge in [-0.1, -0.05) is 13.8 Å². The fourth-order valence-corrected chi connectivity index (χ4v) is 2.22. The predicted octanol–water partition coefficient (Wildman–Crippen LogP) is 2.57. The summed E-state index contributed by atoms with van der Waals surface area (Å²) in [4.78, 5) is 11.9. The lowest BCUT2D eigenvalue weighted by Gasteiger charge is -2.20. The van der Waals surface area contributed by atoms with Crippen LogP contribution in [0, 0.1) is 17.2 Å². The molecule has 3 nitrogen and oxygen atoms in total. The Bertz CT molecular complexity index is 447. The van der Waals surface area contributed by atoms with E-state index in [1.165, 1.54) is 18.2 Å². The first-order valence-corrected chi connectivity index (χ1v) is 6.27. The molecular weight excluding hydrogens is 231 g/mol. The van der Waals surface area contributed by atoms with Crippen LogP contribution in [0.25, 0.3) is 0 Å². The molecule has 18 heavy (non-hydrogen) atoms. The molecule has 0 bridgehead atoms. The van der Waals surface area contributed by atoms with Gasteiger partial charge in [0.25, 0.3) is 5.91 Å². The zero-order valence-corrected chi connectivity index (χ0v) is 10.8. The van der Waals surface area contributed by atoms with Crippen molar-refractivity contribution in [1.82, 2.24) is 5.32 Å². The lowest BCUT2D eigenvalue weighted by Crippen LogP contribution is -2.32. The lowest BCUT2D eigenvalue weighted by molar-refractivity contribution is 0.0939. The van der Waals surface area contributed by atoms with Crippen molar-refractivity contribution in [2.24, 2.45) is 11.3 Å². The third kappa shape index (κ3) is 2.63. The van der Waals surface area contributed by atoms with E-state index in [1.807, 2.05) is 0 Å². The van der Waals surface area contributed by atoms with Crippen LogP contribution in [0.4, 0.5) is 10.1 Å². The molecule has 1 saturated carbocycles. The highest BCUT2D eigenvalue weighted by Gasteiger charge is 2.45. The summed E-state index contributed by atoms with van der Waals surface area (Å²) in [6, 6.07) is 3.90. The van der Waals surface area contributed by atoms with E-state index in [0.717, 1.165) is 12.8 Å². The maximum Gasteiger partial charge on any atom is 0.251 e. The van der Waals surface area contributed by atoms with Gasteiger partial charge in [0.15, 0.2) is 0 Å². The van der Waals surface area contributed by atoms with Gasteiger partial charge in [-0.3, -0.25) is 4.79 Å². The number of nitrogens with one attached hydrogen (secondary N) is 1. The Kier molecular flexibility index (Phi) is 3.28. The highest BCUT2D eigenvalue weighted by Crippen LogP contribution is 2.51. The van der Waals surface area contributed by atoms with Crippen molar-refractivity contribution in [3.05, 3.63) is 29.6 Å². The number of benzene rings is 1. The average molecular weight is 250 g/mol. The fourth-order valence-electron chi connectivity index (χ4n) is 2.22. The molecular formula is C14H19FN2O. The van der Waals surface area contributed by atoms with Crippen molar-refractivity contribution in [3.8, 4) is 0 Å². The van der Waals surface area contributed by atoms with Crippen molar-refractivity contribution >= 4 is 11.6 Å². The second kappa shape index (κ2) is 4.59. The van der Waals surface area contributed by atoms with E-state index in [9.17, 15) is 9.18 Å². The summed E-state index contributed by atoms with van der Waals surface area (Å²) < 4.78 is 13.1. The van der Waals surface area contributed by atoms with Crippen LogP contribution in [-0.4, -0.2) is 12.5 Å². The summed E-state index contributed by atoms with van der Waals surface area (Å²) >= 11 is 0. The van der Waals surface area contributed by atoms with E-state index in [2.05, 4.69) is 19.2 Å². The molecule has 4 heteroatoms. The Balaban J connectivity index is 2.00. The number of carbonyl (C=O) groups is 1. The van der Waals surface area contributed by atoms with E-state index in [1.54, 1.807) is 0 Å². The predicted molar refractivity (Wildman–Crippen MR) is 69.7 cm³/mol. The van der Waals surface area contributed by atoms with Crippen molar-refractivity contribution in [3.63, 3.8) is 0 Å². The normalized spacial score (nSPS) is 16.7. The van der Waals surface area contributed by atoms with Gasteiger partial charge in [0.05, 0.1) is 0 Å². The van der Waals surface area contributed by atoms with Gasteiger partial charge in [-0.05, 0) is 42.4 Å². The Morgan fingerprint density at radius 2 is 2.11 bits per heavy atom. The molecule has 1 aliphatic rings. The largest absolute Gasteiger partial charge is 0.399 e. The average Bonchev–Trinajstić information content (AvgIpc) is 3.05. The van der Waals surface area contributed by atoms with Crippen LogP contribution >= 0.6 is 0 Å². The van der Waals surface area contributed by atoms with Crippen molar-refractivity contribution < 1.29 is 9.18 Å². The van der Waals surface area contributed by atoms with Gasteiger partial charge in [0.2, 0.25) is 0 Å². The molecule has 1 aromatic carbocycles.